The largest absolute Gasteiger partial charge is 0.444 e. The maximum Gasteiger partial charge on any atom is 0.234 e. The summed E-state index contributed by atoms with van der Waals surface area (Å²) in [6.45, 7) is 8.06. The van der Waals surface area contributed by atoms with E-state index in [0.717, 1.165) is 12.2 Å². The molecule has 17 heavy (non-hydrogen) atoms. The molecule has 2 unspecified atom stereocenters. The summed E-state index contributed by atoms with van der Waals surface area (Å²) in [6, 6.07) is 0.148. The molecule has 5 nitrogen and oxygen atoms in total. The molecule has 96 valence electrons. The Morgan fingerprint density at radius 3 is 2.76 bits per heavy atom. The predicted octanol–water partition coefficient (Wildman–Crippen LogP) is 1.55. The molecular formula is C12H21N3O2. The van der Waals surface area contributed by atoms with Crippen LogP contribution in [0.2, 0.25) is 0 Å². The Labute approximate surface area is 102 Å². The van der Waals surface area contributed by atoms with Crippen molar-refractivity contribution in [2.24, 2.45) is 0 Å². The summed E-state index contributed by atoms with van der Waals surface area (Å²) in [6.07, 6.45) is 2.60. The Hall–Kier alpha value is -1.36. The number of rotatable bonds is 6. The van der Waals surface area contributed by atoms with Gasteiger partial charge in [-0.1, -0.05) is 6.92 Å². The zero-order valence-electron chi connectivity index (χ0n) is 10.9. The summed E-state index contributed by atoms with van der Waals surface area (Å²) in [7, 11) is 0. The van der Waals surface area contributed by atoms with Gasteiger partial charge in [0, 0.05) is 6.04 Å². The molecule has 5 heteroatoms. The molecule has 0 spiro atoms. The van der Waals surface area contributed by atoms with Crippen LogP contribution in [0.3, 0.4) is 0 Å². The van der Waals surface area contributed by atoms with Gasteiger partial charge < -0.3 is 9.73 Å². The number of aromatic nitrogens is 1. The lowest BCUT2D eigenvalue weighted by molar-refractivity contribution is -0.121. The van der Waals surface area contributed by atoms with E-state index in [2.05, 4.69) is 15.6 Å². The normalized spacial score (nSPS) is 14.4. The minimum Gasteiger partial charge on any atom is -0.444 e. The molecule has 1 aromatic rings. The Kier molecular flexibility index (Phi) is 5.15. The molecule has 1 rings (SSSR count). The number of carbonyl (C=O) groups excluding carboxylic acids is 1. The first-order chi connectivity index (χ1) is 8.02. The van der Waals surface area contributed by atoms with Crippen molar-refractivity contribution in [3.05, 3.63) is 17.8 Å². The Morgan fingerprint density at radius 1 is 1.53 bits per heavy atom. The van der Waals surface area contributed by atoms with Gasteiger partial charge in [0.25, 0.3) is 0 Å². The van der Waals surface area contributed by atoms with Crippen LogP contribution in [-0.4, -0.2) is 23.5 Å². The van der Waals surface area contributed by atoms with Gasteiger partial charge in [-0.25, -0.2) is 4.98 Å². The molecule has 1 amide bonds. The molecule has 2 N–H and O–H groups in total. The van der Waals surface area contributed by atoms with E-state index in [1.54, 1.807) is 6.20 Å². The molecule has 0 aliphatic rings. The van der Waals surface area contributed by atoms with Crippen LogP contribution in [0.5, 0.6) is 0 Å². The molecule has 0 aliphatic heterocycles. The number of amides is 1. The van der Waals surface area contributed by atoms with Crippen LogP contribution in [0.25, 0.3) is 0 Å². The van der Waals surface area contributed by atoms with Crippen molar-refractivity contribution in [1.82, 2.24) is 15.6 Å². The number of hydrogen-bond donors (Lipinski definition) is 2. The van der Waals surface area contributed by atoms with Crippen LogP contribution >= 0.6 is 0 Å². The number of oxazole rings is 1. The van der Waals surface area contributed by atoms with E-state index in [9.17, 15) is 4.79 Å². The van der Waals surface area contributed by atoms with E-state index in [1.807, 2.05) is 27.7 Å². The van der Waals surface area contributed by atoms with Gasteiger partial charge in [-0.2, -0.15) is 0 Å². The lowest BCUT2D eigenvalue weighted by Crippen LogP contribution is -2.39. The average Bonchev–Trinajstić information content (AvgIpc) is 2.72. The van der Waals surface area contributed by atoms with Gasteiger partial charge in [0.2, 0.25) is 11.8 Å². The fourth-order valence-electron chi connectivity index (χ4n) is 1.33. The fourth-order valence-corrected chi connectivity index (χ4v) is 1.33. The number of aryl methyl sites for hydroxylation is 1. The quantitative estimate of drug-likeness (QED) is 0.790. The molecule has 1 aromatic heterocycles. The first-order valence-corrected chi connectivity index (χ1v) is 5.98. The maximum absolute atomic E-state index is 11.5. The number of nitrogens with zero attached hydrogens (tertiary/aromatic N) is 1. The highest BCUT2D eigenvalue weighted by molar-refractivity contribution is 5.78. The van der Waals surface area contributed by atoms with E-state index in [-0.39, 0.29) is 24.5 Å². The Morgan fingerprint density at radius 2 is 2.24 bits per heavy atom. The van der Waals surface area contributed by atoms with Crippen LogP contribution in [-0.2, 0) is 4.79 Å². The molecular weight excluding hydrogens is 218 g/mol. The van der Waals surface area contributed by atoms with Crippen molar-refractivity contribution in [2.45, 2.75) is 46.2 Å². The van der Waals surface area contributed by atoms with Crippen LogP contribution in [0, 0.1) is 6.92 Å². The molecule has 0 fully saturated rings. The van der Waals surface area contributed by atoms with Crippen molar-refractivity contribution in [2.75, 3.05) is 6.54 Å². The van der Waals surface area contributed by atoms with Gasteiger partial charge in [0.15, 0.2) is 0 Å². The topological polar surface area (TPSA) is 67.2 Å². The molecule has 0 aliphatic carbocycles. The fraction of sp³-hybridized carbons (Fsp3) is 0.667. The minimum atomic E-state index is -0.0635. The third kappa shape index (κ3) is 4.56. The summed E-state index contributed by atoms with van der Waals surface area (Å²) in [5.41, 5.74) is 0. The molecule has 0 saturated heterocycles. The monoisotopic (exact) mass is 239 g/mol. The summed E-state index contributed by atoms with van der Waals surface area (Å²) < 4.78 is 5.37. The summed E-state index contributed by atoms with van der Waals surface area (Å²) >= 11 is 0. The van der Waals surface area contributed by atoms with E-state index < -0.39 is 0 Å². The molecule has 0 aromatic carbocycles. The first-order valence-electron chi connectivity index (χ1n) is 5.98. The minimum absolute atomic E-state index is 0.00511. The highest BCUT2D eigenvalue weighted by atomic mass is 16.4. The van der Waals surface area contributed by atoms with Crippen LogP contribution in [0.4, 0.5) is 0 Å². The van der Waals surface area contributed by atoms with E-state index in [4.69, 9.17) is 4.42 Å². The predicted molar refractivity (Wildman–Crippen MR) is 65.6 cm³/mol. The van der Waals surface area contributed by atoms with E-state index >= 15 is 0 Å². The lowest BCUT2D eigenvalue weighted by Gasteiger charge is -2.13. The summed E-state index contributed by atoms with van der Waals surface area (Å²) in [4.78, 5) is 15.6. The second-order valence-electron chi connectivity index (χ2n) is 4.29. The van der Waals surface area contributed by atoms with Gasteiger partial charge in [-0.05, 0) is 27.2 Å². The second kappa shape index (κ2) is 6.39. The van der Waals surface area contributed by atoms with E-state index in [0.29, 0.717) is 5.89 Å². The lowest BCUT2D eigenvalue weighted by atomic mass is 10.2. The average molecular weight is 239 g/mol. The summed E-state index contributed by atoms with van der Waals surface area (Å²) in [5, 5.41) is 5.96. The third-order valence-corrected chi connectivity index (χ3v) is 2.60. The summed E-state index contributed by atoms with van der Waals surface area (Å²) in [5.74, 6) is 1.38. The van der Waals surface area contributed by atoms with Gasteiger partial charge >= 0.3 is 0 Å². The van der Waals surface area contributed by atoms with Gasteiger partial charge in [-0.15, -0.1) is 0 Å². The Bertz CT molecular complexity index is 362. The molecule has 1 heterocycles. The molecule has 0 saturated carbocycles. The van der Waals surface area contributed by atoms with Gasteiger partial charge in [-0.3, -0.25) is 10.1 Å². The standard InChI is InChI=1S/C12H21N3O2/c1-5-8(2)15-11(16)7-13-10(4)12-14-6-9(3)17-12/h6,8,10,13H,5,7H2,1-4H3,(H,15,16). The van der Waals surface area contributed by atoms with Crippen molar-refractivity contribution in [3.8, 4) is 0 Å². The van der Waals surface area contributed by atoms with Crippen LogP contribution in [0.1, 0.15) is 44.9 Å². The van der Waals surface area contributed by atoms with Gasteiger partial charge in [0.05, 0.1) is 18.8 Å². The van der Waals surface area contributed by atoms with Crippen LogP contribution < -0.4 is 10.6 Å². The zero-order chi connectivity index (χ0) is 12.8. The number of nitrogens with one attached hydrogen (secondary N) is 2. The molecule has 0 radical (unpaired) electrons. The zero-order valence-corrected chi connectivity index (χ0v) is 10.9. The van der Waals surface area contributed by atoms with Crippen molar-refractivity contribution >= 4 is 5.91 Å². The number of carbonyl (C=O) groups is 1. The highest BCUT2D eigenvalue weighted by Gasteiger charge is 2.12. The SMILES string of the molecule is CCC(C)NC(=O)CNC(C)c1ncc(C)o1. The first kappa shape index (κ1) is 13.7. The van der Waals surface area contributed by atoms with Crippen molar-refractivity contribution in [3.63, 3.8) is 0 Å². The van der Waals surface area contributed by atoms with E-state index in [1.165, 1.54) is 0 Å². The smallest absolute Gasteiger partial charge is 0.234 e. The van der Waals surface area contributed by atoms with Crippen molar-refractivity contribution < 1.29 is 9.21 Å². The van der Waals surface area contributed by atoms with Crippen molar-refractivity contribution in [1.29, 1.82) is 0 Å². The highest BCUT2D eigenvalue weighted by Crippen LogP contribution is 2.11. The Balaban J connectivity index is 2.33. The third-order valence-electron chi connectivity index (χ3n) is 2.60. The molecule has 0 bridgehead atoms. The van der Waals surface area contributed by atoms with Crippen LogP contribution in [0.15, 0.2) is 10.6 Å². The second-order valence-corrected chi connectivity index (χ2v) is 4.29. The number of hydrogen-bond acceptors (Lipinski definition) is 4. The molecule has 2 atom stereocenters. The maximum atomic E-state index is 11.5. The van der Waals surface area contributed by atoms with Gasteiger partial charge in [0.1, 0.15) is 5.76 Å².